The molecule has 0 aliphatic carbocycles. The minimum absolute atomic E-state index is 0.0447. The third-order valence-electron chi connectivity index (χ3n) is 5.13. The largest absolute Gasteiger partial charge is 0.497 e. The second-order valence-electron chi connectivity index (χ2n) is 7.02. The first kappa shape index (κ1) is 20.8. The average Bonchev–Trinajstić information content (AvgIpc) is 3.22. The maximum Gasteiger partial charge on any atom is 0.258 e. The Balaban J connectivity index is 1.35. The first-order chi connectivity index (χ1) is 14.5. The summed E-state index contributed by atoms with van der Waals surface area (Å²) in [5, 5.41) is 3.23. The number of ether oxygens (including phenoxy) is 1. The summed E-state index contributed by atoms with van der Waals surface area (Å²) in [5.41, 5.74) is 1.95. The van der Waals surface area contributed by atoms with Crippen molar-refractivity contribution in [3.8, 4) is 17.0 Å². The SMILES string of the molecule is COc1ccc(-c2csc(CN3CCN(C(=O)c4c(F)cccc4Cl)CC3)n2)cc1. The molecule has 0 bridgehead atoms. The molecule has 0 N–H and O–H groups in total. The lowest BCUT2D eigenvalue weighted by atomic mass is 10.1. The zero-order chi connectivity index (χ0) is 21.1. The zero-order valence-corrected chi connectivity index (χ0v) is 18.0. The van der Waals surface area contributed by atoms with Crippen molar-refractivity contribution < 1.29 is 13.9 Å². The second-order valence-corrected chi connectivity index (χ2v) is 8.37. The van der Waals surface area contributed by atoms with Gasteiger partial charge in [-0.15, -0.1) is 11.3 Å². The molecule has 2 heterocycles. The predicted molar refractivity (Wildman–Crippen MR) is 117 cm³/mol. The predicted octanol–water partition coefficient (Wildman–Crippen LogP) is 4.57. The fraction of sp³-hybridized carbons (Fsp3) is 0.273. The van der Waals surface area contributed by atoms with Gasteiger partial charge in [0, 0.05) is 37.1 Å². The van der Waals surface area contributed by atoms with Gasteiger partial charge in [0.25, 0.3) is 5.91 Å². The molecule has 0 saturated carbocycles. The lowest BCUT2D eigenvalue weighted by Gasteiger charge is -2.34. The first-order valence-electron chi connectivity index (χ1n) is 9.59. The van der Waals surface area contributed by atoms with Crippen molar-refractivity contribution in [2.24, 2.45) is 0 Å². The number of carbonyl (C=O) groups excluding carboxylic acids is 1. The number of amides is 1. The van der Waals surface area contributed by atoms with Crippen LogP contribution in [0.2, 0.25) is 5.02 Å². The van der Waals surface area contributed by atoms with E-state index in [0.717, 1.165) is 28.6 Å². The molecule has 4 rings (SSSR count). The fourth-order valence-electron chi connectivity index (χ4n) is 3.44. The van der Waals surface area contributed by atoms with Crippen LogP contribution in [-0.2, 0) is 6.54 Å². The minimum Gasteiger partial charge on any atom is -0.497 e. The quantitative estimate of drug-likeness (QED) is 0.577. The van der Waals surface area contributed by atoms with Crippen LogP contribution in [-0.4, -0.2) is 54.0 Å². The topological polar surface area (TPSA) is 45.7 Å². The Morgan fingerprint density at radius 1 is 1.17 bits per heavy atom. The van der Waals surface area contributed by atoms with E-state index in [4.69, 9.17) is 21.3 Å². The van der Waals surface area contributed by atoms with Gasteiger partial charge in [0.15, 0.2) is 0 Å². The van der Waals surface area contributed by atoms with Gasteiger partial charge >= 0.3 is 0 Å². The number of rotatable bonds is 5. The van der Waals surface area contributed by atoms with Crippen LogP contribution in [0.5, 0.6) is 5.75 Å². The maximum atomic E-state index is 14.0. The molecule has 1 aliphatic rings. The standard InChI is InChI=1S/C22H21ClFN3O2S/c1-29-16-7-5-15(6-8-16)19-14-30-20(25-19)13-26-9-11-27(12-10-26)22(28)21-17(23)3-2-4-18(21)24/h2-8,14H,9-13H2,1H3. The molecule has 30 heavy (non-hydrogen) atoms. The summed E-state index contributed by atoms with van der Waals surface area (Å²) < 4.78 is 19.2. The Bertz CT molecular complexity index is 1010. The highest BCUT2D eigenvalue weighted by molar-refractivity contribution is 7.09. The van der Waals surface area contributed by atoms with Gasteiger partial charge in [0.05, 0.1) is 29.9 Å². The molecule has 0 atom stereocenters. The minimum atomic E-state index is -0.580. The van der Waals surface area contributed by atoms with Crippen LogP contribution in [0.1, 0.15) is 15.4 Å². The summed E-state index contributed by atoms with van der Waals surface area (Å²) in [6.07, 6.45) is 0. The molecule has 1 aromatic heterocycles. The van der Waals surface area contributed by atoms with Crippen LogP contribution in [0, 0.1) is 5.82 Å². The summed E-state index contributed by atoms with van der Waals surface area (Å²) in [6.45, 7) is 3.19. The van der Waals surface area contributed by atoms with Crippen LogP contribution in [0.3, 0.4) is 0 Å². The molecule has 0 spiro atoms. The number of piperazine rings is 1. The summed E-state index contributed by atoms with van der Waals surface area (Å²) in [5.74, 6) is -0.115. The van der Waals surface area contributed by atoms with Crippen molar-refractivity contribution in [1.82, 2.24) is 14.8 Å². The van der Waals surface area contributed by atoms with Gasteiger partial charge in [-0.3, -0.25) is 9.69 Å². The zero-order valence-electron chi connectivity index (χ0n) is 16.5. The van der Waals surface area contributed by atoms with Crippen LogP contribution in [0.4, 0.5) is 4.39 Å². The normalized spacial score (nSPS) is 14.7. The first-order valence-corrected chi connectivity index (χ1v) is 10.9. The number of hydrogen-bond acceptors (Lipinski definition) is 5. The van der Waals surface area contributed by atoms with Crippen molar-refractivity contribution in [3.05, 3.63) is 69.3 Å². The van der Waals surface area contributed by atoms with Gasteiger partial charge in [0.2, 0.25) is 0 Å². The summed E-state index contributed by atoms with van der Waals surface area (Å²) in [6, 6.07) is 12.1. The molecular weight excluding hydrogens is 425 g/mol. The summed E-state index contributed by atoms with van der Waals surface area (Å²) in [7, 11) is 1.65. The van der Waals surface area contributed by atoms with Crippen molar-refractivity contribution in [2.45, 2.75) is 6.54 Å². The number of aromatic nitrogens is 1. The number of hydrogen-bond donors (Lipinski definition) is 0. The van der Waals surface area contributed by atoms with E-state index in [-0.39, 0.29) is 16.5 Å². The molecule has 156 valence electrons. The number of thiazole rings is 1. The molecule has 5 nitrogen and oxygen atoms in total. The van der Waals surface area contributed by atoms with E-state index in [0.29, 0.717) is 26.2 Å². The lowest BCUT2D eigenvalue weighted by molar-refractivity contribution is 0.0624. The number of halogens is 2. The van der Waals surface area contributed by atoms with Gasteiger partial charge in [0.1, 0.15) is 16.6 Å². The van der Waals surface area contributed by atoms with Crippen molar-refractivity contribution in [1.29, 1.82) is 0 Å². The maximum absolute atomic E-state index is 14.0. The molecule has 1 saturated heterocycles. The van der Waals surface area contributed by atoms with E-state index in [1.807, 2.05) is 24.3 Å². The Labute approximate surface area is 183 Å². The Morgan fingerprint density at radius 2 is 1.90 bits per heavy atom. The molecule has 1 fully saturated rings. The molecule has 0 unspecified atom stereocenters. The van der Waals surface area contributed by atoms with E-state index in [1.165, 1.54) is 18.2 Å². The third kappa shape index (κ3) is 4.48. The highest BCUT2D eigenvalue weighted by atomic mass is 35.5. The Hall–Kier alpha value is -2.48. The van der Waals surface area contributed by atoms with Crippen molar-refractivity contribution >= 4 is 28.8 Å². The Morgan fingerprint density at radius 3 is 2.57 bits per heavy atom. The number of methoxy groups -OCH3 is 1. The summed E-state index contributed by atoms with van der Waals surface area (Å²) >= 11 is 7.66. The van der Waals surface area contributed by atoms with Gasteiger partial charge < -0.3 is 9.64 Å². The van der Waals surface area contributed by atoms with Crippen molar-refractivity contribution in [2.75, 3.05) is 33.3 Å². The van der Waals surface area contributed by atoms with Gasteiger partial charge in [-0.05, 0) is 36.4 Å². The molecule has 1 aliphatic heterocycles. The van der Waals surface area contributed by atoms with Gasteiger partial charge in [-0.2, -0.15) is 0 Å². The average molecular weight is 446 g/mol. The van der Waals surface area contributed by atoms with Crippen LogP contribution < -0.4 is 4.74 Å². The second kappa shape index (κ2) is 9.12. The molecule has 2 aromatic carbocycles. The van der Waals surface area contributed by atoms with Crippen LogP contribution in [0.25, 0.3) is 11.3 Å². The van der Waals surface area contributed by atoms with Crippen LogP contribution >= 0.6 is 22.9 Å². The number of carbonyl (C=O) groups is 1. The lowest BCUT2D eigenvalue weighted by Crippen LogP contribution is -2.48. The van der Waals surface area contributed by atoms with Crippen molar-refractivity contribution in [3.63, 3.8) is 0 Å². The highest BCUT2D eigenvalue weighted by Gasteiger charge is 2.26. The monoisotopic (exact) mass is 445 g/mol. The van der Waals surface area contributed by atoms with E-state index < -0.39 is 5.82 Å². The summed E-state index contributed by atoms with van der Waals surface area (Å²) in [4.78, 5) is 21.3. The van der Waals surface area contributed by atoms with Crippen LogP contribution in [0.15, 0.2) is 47.8 Å². The molecule has 3 aromatic rings. The van der Waals surface area contributed by atoms with Gasteiger partial charge in [-0.25, -0.2) is 9.37 Å². The Kier molecular flexibility index (Phi) is 6.32. The van der Waals surface area contributed by atoms with E-state index in [2.05, 4.69) is 10.3 Å². The van der Waals surface area contributed by atoms with E-state index in [9.17, 15) is 9.18 Å². The number of benzene rings is 2. The number of nitrogens with zero attached hydrogens (tertiary/aromatic N) is 3. The van der Waals surface area contributed by atoms with Gasteiger partial charge in [-0.1, -0.05) is 17.7 Å². The highest BCUT2D eigenvalue weighted by Crippen LogP contribution is 2.25. The molecule has 0 radical (unpaired) electrons. The fourth-order valence-corrected chi connectivity index (χ4v) is 4.53. The molecular formula is C22H21ClFN3O2S. The third-order valence-corrected chi connectivity index (χ3v) is 6.28. The molecule has 1 amide bonds. The molecule has 8 heteroatoms. The smallest absolute Gasteiger partial charge is 0.258 e. The van der Waals surface area contributed by atoms with E-state index in [1.54, 1.807) is 23.3 Å². The van der Waals surface area contributed by atoms with E-state index >= 15 is 0 Å².